The lowest BCUT2D eigenvalue weighted by Gasteiger charge is -2.15. The van der Waals surface area contributed by atoms with Crippen molar-refractivity contribution in [1.29, 1.82) is 0 Å². The Kier molecular flexibility index (Phi) is 3.82. The number of thiophene rings is 1. The van der Waals surface area contributed by atoms with Crippen molar-refractivity contribution in [3.63, 3.8) is 0 Å². The third-order valence-corrected chi connectivity index (χ3v) is 4.63. The van der Waals surface area contributed by atoms with Gasteiger partial charge in [-0.05, 0) is 30.7 Å². The van der Waals surface area contributed by atoms with E-state index in [4.69, 9.17) is 0 Å². The first-order chi connectivity index (χ1) is 9.75. The molecule has 20 heavy (non-hydrogen) atoms. The van der Waals surface area contributed by atoms with Gasteiger partial charge < -0.3 is 10.2 Å². The van der Waals surface area contributed by atoms with Gasteiger partial charge in [0, 0.05) is 26.1 Å². The number of hydrogen-bond donors (Lipinski definition) is 1. The van der Waals surface area contributed by atoms with Crippen molar-refractivity contribution in [2.24, 2.45) is 0 Å². The Hall–Kier alpha value is -1.69. The van der Waals surface area contributed by atoms with Gasteiger partial charge in [-0.15, -0.1) is 11.3 Å². The Bertz CT molecular complexity index is 625. The van der Waals surface area contributed by atoms with Gasteiger partial charge in [-0.25, -0.2) is 9.97 Å². The fourth-order valence-corrected chi connectivity index (χ4v) is 3.46. The molecule has 1 saturated heterocycles. The van der Waals surface area contributed by atoms with Gasteiger partial charge in [0.25, 0.3) is 0 Å². The molecule has 0 bridgehead atoms. The molecule has 0 spiro atoms. The molecule has 3 heterocycles. The van der Waals surface area contributed by atoms with Gasteiger partial charge in [0.1, 0.15) is 17.0 Å². The number of nitrogens with zero attached hydrogens (tertiary/aromatic N) is 3. The maximum Gasteiger partial charge on any atom is 0.222 e. The van der Waals surface area contributed by atoms with Crippen LogP contribution in [-0.4, -0.2) is 40.4 Å². The lowest BCUT2D eigenvalue weighted by atomic mass is 10.2. The lowest BCUT2D eigenvalue weighted by molar-refractivity contribution is -0.127. The minimum atomic E-state index is 0.295. The van der Waals surface area contributed by atoms with Crippen LogP contribution < -0.4 is 5.32 Å². The first-order valence-electron chi connectivity index (χ1n) is 6.96. The number of rotatable bonds is 5. The Balaban J connectivity index is 1.57. The Labute approximate surface area is 122 Å². The van der Waals surface area contributed by atoms with Crippen LogP contribution in [0.2, 0.25) is 0 Å². The average Bonchev–Trinajstić information content (AvgIpc) is 3.02. The summed E-state index contributed by atoms with van der Waals surface area (Å²) in [6.07, 6.45) is 4.27. The summed E-state index contributed by atoms with van der Waals surface area (Å²) < 4.78 is 0. The smallest absolute Gasteiger partial charge is 0.222 e. The van der Waals surface area contributed by atoms with Crippen LogP contribution in [0.3, 0.4) is 0 Å². The van der Waals surface area contributed by atoms with Gasteiger partial charge in [-0.1, -0.05) is 0 Å². The van der Waals surface area contributed by atoms with E-state index in [0.717, 1.165) is 48.5 Å². The molecule has 5 nitrogen and oxygen atoms in total. The summed E-state index contributed by atoms with van der Waals surface area (Å²) in [5, 5.41) is 6.60. The third-order valence-electron chi connectivity index (χ3n) is 3.62. The molecular formula is C14H18N4OS. The van der Waals surface area contributed by atoms with Crippen molar-refractivity contribution < 1.29 is 4.79 Å². The highest BCUT2D eigenvalue weighted by Gasteiger charge is 2.19. The second kappa shape index (κ2) is 5.75. The number of hydrogen-bond acceptors (Lipinski definition) is 5. The number of carbonyl (C=O) groups is 1. The summed E-state index contributed by atoms with van der Waals surface area (Å²) in [7, 11) is 0. The van der Waals surface area contributed by atoms with Crippen molar-refractivity contribution in [2.45, 2.75) is 26.2 Å². The van der Waals surface area contributed by atoms with Crippen LogP contribution in [0.25, 0.3) is 10.2 Å². The van der Waals surface area contributed by atoms with Crippen LogP contribution in [-0.2, 0) is 4.79 Å². The van der Waals surface area contributed by atoms with Crippen molar-refractivity contribution in [1.82, 2.24) is 14.9 Å². The van der Waals surface area contributed by atoms with E-state index in [9.17, 15) is 4.79 Å². The van der Waals surface area contributed by atoms with E-state index in [2.05, 4.69) is 27.6 Å². The maximum absolute atomic E-state index is 11.5. The van der Waals surface area contributed by atoms with Gasteiger partial charge in [0.05, 0.1) is 5.39 Å². The number of fused-ring (bicyclic) bond motifs is 1. The summed E-state index contributed by atoms with van der Waals surface area (Å²) >= 11 is 1.64. The number of anilines is 1. The van der Waals surface area contributed by atoms with Crippen LogP contribution in [0.1, 0.15) is 24.8 Å². The molecule has 0 unspecified atom stereocenters. The van der Waals surface area contributed by atoms with Gasteiger partial charge in [-0.2, -0.15) is 0 Å². The summed E-state index contributed by atoms with van der Waals surface area (Å²) in [4.78, 5) is 23.1. The maximum atomic E-state index is 11.5. The molecule has 0 saturated carbocycles. The van der Waals surface area contributed by atoms with Gasteiger partial charge >= 0.3 is 0 Å². The summed E-state index contributed by atoms with van der Waals surface area (Å²) in [6.45, 7) is 4.66. The van der Waals surface area contributed by atoms with Crippen LogP contribution >= 0.6 is 11.3 Å². The minimum absolute atomic E-state index is 0.295. The number of nitrogens with one attached hydrogen (secondary N) is 1. The normalized spacial score (nSPS) is 15.2. The largest absolute Gasteiger partial charge is 0.369 e. The highest BCUT2D eigenvalue weighted by atomic mass is 32.1. The van der Waals surface area contributed by atoms with E-state index in [1.807, 2.05) is 4.90 Å². The van der Waals surface area contributed by atoms with Crippen LogP contribution in [0, 0.1) is 6.92 Å². The van der Waals surface area contributed by atoms with E-state index in [1.165, 1.54) is 5.56 Å². The molecule has 6 heteroatoms. The molecule has 2 aromatic heterocycles. The fourth-order valence-electron chi connectivity index (χ4n) is 2.57. The number of aryl methyl sites for hydroxylation is 1. The van der Waals surface area contributed by atoms with E-state index >= 15 is 0 Å². The van der Waals surface area contributed by atoms with Crippen LogP contribution in [0.5, 0.6) is 0 Å². The zero-order valence-corrected chi connectivity index (χ0v) is 12.4. The van der Waals surface area contributed by atoms with Crippen LogP contribution in [0.4, 0.5) is 5.82 Å². The SMILES string of the molecule is Cc1csc2ncnc(NCCCN3CCCC3=O)c12. The second-order valence-electron chi connectivity index (χ2n) is 5.09. The second-order valence-corrected chi connectivity index (χ2v) is 5.94. The molecule has 0 aliphatic carbocycles. The highest BCUT2D eigenvalue weighted by molar-refractivity contribution is 7.17. The number of likely N-dealkylation sites (tertiary alicyclic amines) is 1. The summed E-state index contributed by atoms with van der Waals surface area (Å²) in [5.74, 6) is 1.20. The molecule has 1 aliphatic heterocycles. The van der Waals surface area contributed by atoms with E-state index < -0.39 is 0 Å². The van der Waals surface area contributed by atoms with E-state index in [-0.39, 0.29) is 0 Å². The first-order valence-corrected chi connectivity index (χ1v) is 7.84. The summed E-state index contributed by atoms with van der Waals surface area (Å²) in [6, 6.07) is 0. The first kappa shape index (κ1) is 13.3. The zero-order chi connectivity index (χ0) is 13.9. The van der Waals surface area contributed by atoms with Crippen molar-refractivity contribution >= 4 is 33.3 Å². The standard InChI is InChI=1S/C14H18N4OS/c1-10-8-20-14-12(10)13(16-9-17-14)15-5-3-7-18-6-2-4-11(18)19/h8-9H,2-7H2,1H3,(H,15,16,17). The van der Waals surface area contributed by atoms with Gasteiger partial charge in [0.2, 0.25) is 5.91 Å². The molecule has 3 rings (SSSR count). The highest BCUT2D eigenvalue weighted by Crippen LogP contribution is 2.28. The number of amides is 1. The molecule has 2 aromatic rings. The van der Waals surface area contributed by atoms with Crippen LogP contribution in [0.15, 0.2) is 11.7 Å². The fraction of sp³-hybridized carbons (Fsp3) is 0.500. The molecule has 0 radical (unpaired) electrons. The molecule has 1 N–H and O–H groups in total. The Morgan fingerprint density at radius 1 is 1.45 bits per heavy atom. The predicted molar refractivity (Wildman–Crippen MR) is 81.1 cm³/mol. The predicted octanol–water partition coefficient (Wildman–Crippen LogP) is 2.42. The summed E-state index contributed by atoms with van der Waals surface area (Å²) in [5.41, 5.74) is 1.21. The van der Waals surface area contributed by atoms with Crippen molar-refractivity contribution in [3.05, 3.63) is 17.3 Å². The Morgan fingerprint density at radius 2 is 2.35 bits per heavy atom. The molecule has 1 fully saturated rings. The lowest BCUT2D eigenvalue weighted by Crippen LogP contribution is -2.27. The van der Waals surface area contributed by atoms with E-state index in [0.29, 0.717) is 12.3 Å². The third kappa shape index (κ3) is 2.60. The quantitative estimate of drug-likeness (QED) is 0.859. The number of aromatic nitrogens is 2. The van der Waals surface area contributed by atoms with Gasteiger partial charge in [-0.3, -0.25) is 4.79 Å². The molecule has 1 amide bonds. The molecule has 106 valence electrons. The molecule has 1 aliphatic rings. The average molecular weight is 290 g/mol. The molecule has 0 aromatic carbocycles. The topological polar surface area (TPSA) is 58.1 Å². The molecule has 0 atom stereocenters. The zero-order valence-electron chi connectivity index (χ0n) is 11.6. The van der Waals surface area contributed by atoms with Crippen molar-refractivity contribution in [2.75, 3.05) is 25.0 Å². The van der Waals surface area contributed by atoms with E-state index in [1.54, 1.807) is 17.7 Å². The number of carbonyl (C=O) groups excluding carboxylic acids is 1. The monoisotopic (exact) mass is 290 g/mol. The van der Waals surface area contributed by atoms with Gasteiger partial charge in [0.15, 0.2) is 0 Å². The van der Waals surface area contributed by atoms with Crippen molar-refractivity contribution in [3.8, 4) is 0 Å². The minimum Gasteiger partial charge on any atom is -0.369 e. The molecular weight excluding hydrogens is 272 g/mol. The Morgan fingerprint density at radius 3 is 3.15 bits per heavy atom.